The number of hydrogen-bond donors (Lipinski definition) is 3. The number of carboxylic acid groups (broad SMARTS) is 1. The Kier molecular flexibility index (Phi) is 9.18. The van der Waals surface area contributed by atoms with Crippen molar-refractivity contribution in [3.05, 3.63) is 22.4 Å². The molecule has 0 saturated carbocycles. The summed E-state index contributed by atoms with van der Waals surface area (Å²) in [7, 11) is 2.03. The zero-order valence-electron chi connectivity index (χ0n) is 11.8. The lowest BCUT2D eigenvalue weighted by Crippen LogP contribution is -2.33. The summed E-state index contributed by atoms with van der Waals surface area (Å²) in [6.45, 7) is 3.96. The van der Waals surface area contributed by atoms with Crippen LogP contribution in [0.1, 0.15) is 11.3 Å². The second-order valence-corrected chi connectivity index (χ2v) is 5.48. The molecular formula is C13H23N3O3S. The van der Waals surface area contributed by atoms with Gasteiger partial charge in [-0.25, -0.2) is 0 Å². The molecule has 0 aromatic carbocycles. The summed E-state index contributed by atoms with van der Waals surface area (Å²) in [6.07, 6.45) is 0.145. The average Bonchev–Trinajstić information content (AvgIpc) is 2.89. The number of nitrogens with one attached hydrogen (secondary N) is 2. The average molecular weight is 301 g/mol. The number of carboxylic acids is 1. The minimum atomic E-state index is -0.783. The number of nitrogens with zero attached hydrogens (tertiary/aromatic N) is 1. The molecule has 1 rings (SSSR count). The fraction of sp³-hybridized carbons (Fsp3) is 0.615. The summed E-state index contributed by atoms with van der Waals surface area (Å²) in [4.78, 5) is 13.7. The smallest absolute Gasteiger partial charge is 0.304 e. The standard InChI is InChI=1S/C13H23N3O3S/c1-16(9-12-3-2-8-20-12)11-19-7-6-15-10-14-5-4-13(17)18/h2-3,8,14-15H,4-7,9-11H2,1H3,(H,17,18). The summed E-state index contributed by atoms with van der Waals surface area (Å²) < 4.78 is 5.54. The molecule has 1 heterocycles. The van der Waals surface area contributed by atoms with Crippen molar-refractivity contribution in [3.8, 4) is 0 Å². The highest BCUT2D eigenvalue weighted by atomic mass is 32.1. The van der Waals surface area contributed by atoms with Crippen molar-refractivity contribution in [2.45, 2.75) is 13.0 Å². The van der Waals surface area contributed by atoms with Crippen LogP contribution in [0.15, 0.2) is 17.5 Å². The van der Waals surface area contributed by atoms with Crippen LogP contribution in [0.3, 0.4) is 0 Å². The third-order valence-corrected chi connectivity index (χ3v) is 3.37. The molecular weight excluding hydrogens is 278 g/mol. The lowest BCUT2D eigenvalue weighted by atomic mass is 10.4. The van der Waals surface area contributed by atoms with Gasteiger partial charge in [-0.2, -0.15) is 0 Å². The lowest BCUT2D eigenvalue weighted by molar-refractivity contribution is -0.136. The molecule has 0 spiro atoms. The van der Waals surface area contributed by atoms with Crippen LogP contribution in [0.5, 0.6) is 0 Å². The topological polar surface area (TPSA) is 73.8 Å². The molecule has 0 fully saturated rings. The predicted molar refractivity (Wildman–Crippen MR) is 79.7 cm³/mol. The molecule has 6 nitrogen and oxygen atoms in total. The largest absolute Gasteiger partial charge is 0.481 e. The number of thiophene rings is 1. The van der Waals surface area contributed by atoms with Gasteiger partial charge in [0.25, 0.3) is 0 Å². The van der Waals surface area contributed by atoms with Gasteiger partial charge in [0.15, 0.2) is 0 Å². The first-order chi connectivity index (χ1) is 9.68. The molecule has 0 aliphatic rings. The Morgan fingerprint density at radius 3 is 2.95 bits per heavy atom. The second-order valence-electron chi connectivity index (χ2n) is 4.45. The number of rotatable bonds is 12. The van der Waals surface area contributed by atoms with E-state index >= 15 is 0 Å². The third kappa shape index (κ3) is 9.00. The van der Waals surface area contributed by atoms with E-state index in [1.807, 2.05) is 7.05 Å². The quantitative estimate of drug-likeness (QED) is 0.391. The highest BCUT2D eigenvalue weighted by molar-refractivity contribution is 7.09. The van der Waals surface area contributed by atoms with Crippen molar-refractivity contribution in [2.24, 2.45) is 0 Å². The van der Waals surface area contributed by atoms with Crippen LogP contribution in [0.4, 0.5) is 0 Å². The van der Waals surface area contributed by atoms with Gasteiger partial charge in [-0.05, 0) is 18.5 Å². The van der Waals surface area contributed by atoms with E-state index in [1.54, 1.807) is 11.3 Å². The SMILES string of the molecule is CN(COCCNCNCCC(=O)O)Cc1cccs1. The normalized spacial score (nSPS) is 11.1. The first kappa shape index (κ1) is 17.1. The van der Waals surface area contributed by atoms with E-state index in [-0.39, 0.29) is 6.42 Å². The Balaban J connectivity index is 1.85. The number of aliphatic carboxylic acids is 1. The van der Waals surface area contributed by atoms with Gasteiger partial charge in [0.05, 0.1) is 19.8 Å². The van der Waals surface area contributed by atoms with Crippen LogP contribution in [0, 0.1) is 0 Å². The minimum absolute atomic E-state index is 0.145. The maximum atomic E-state index is 10.3. The molecule has 1 aromatic heterocycles. The maximum Gasteiger partial charge on any atom is 0.304 e. The Labute approximate surface area is 123 Å². The van der Waals surface area contributed by atoms with Gasteiger partial charge in [0.2, 0.25) is 0 Å². The van der Waals surface area contributed by atoms with Crippen molar-refractivity contribution in [1.82, 2.24) is 15.5 Å². The first-order valence-corrected chi connectivity index (χ1v) is 7.48. The van der Waals surface area contributed by atoms with Gasteiger partial charge < -0.3 is 20.5 Å². The molecule has 0 radical (unpaired) electrons. The monoisotopic (exact) mass is 301 g/mol. The zero-order chi connectivity index (χ0) is 14.6. The Morgan fingerprint density at radius 2 is 2.25 bits per heavy atom. The maximum absolute atomic E-state index is 10.3. The minimum Gasteiger partial charge on any atom is -0.481 e. The van der Waals surface area contributed by atoms with Crippen LogP contribution in [-0.2, 0) is 16.1 Å². The van der Waals surface area contributed by atoms with Crippen molar-refractivity contribution in [2.75, 3.05) is 40.1 Å². The molecule has 0 amide bonds. The Morgan fingerprint density at radius 1 is 1.45 bits per heavy atom. The van der Waals surface area contributed by atoms with Gasteiger partial charge in [0.1, 0.15) is 0 Å². The summed E-state index contributed by atoms with van der Waals surface area (Å²) in [5, 5.41) is 16.6. The van der Waals surface area contributed by atoms with Crippen molar-refractivity contribution in [3.63, 3.8) is 0 Å². The van der Waals surface area contributed by atoms with Crippen molar-refractivity contribution in [1.29, 1.82) is 0 Å². The molecule has 0 aliphatic carbocycles. The number of carbonyl (C=O) groups is 1. The fourth-order valence-corrected chi connectivity index (χ4v) is 2.32. The molecule has 0 unspecified atom stereocenters. The van der Waals surface area contributed by atoms with Crippen LogP contribution >= 0.6 is 11.3 Å². The molecule has 20 heavy (non-hydrogen) atoms. The Bertz CT molecular complexity index is 360. The van der Waals surface area contributed by atoms with Gasteiger partial charge in [-0.1, -0.05) is 6.07 Å². The van der Waals surface area contributed by atoms with Crippen molar-refractivity contribution < 1.29 is 14.6 Å². The van der Waals surface area contributed by atoms with Gasteiger partial charge in [-0.15, -0.1) is 11.3 Å². The summed E-state index contributed by atoms with van der Waals surface area (Å²) >= 11 is 1.75. The van der Waals surface area contributed by atoms with Crippen molar-refractivity contribution >= 4 is 17.3 Å². The van der Waals surface area contributed by atoms with E-state index in [0.717, 1.165) is 13.1 Å². The second kappa shape index (κ2) is 10.8. The lowest BCUT2D eigenvalue weighted by Gasteiger charge is -2.16. The van der Waals surface area contributed by atoms with Gasteiger partial charge in [-0.3, -0.25) is 9.69 Å². The predicted octanol–water partition coefficient (Wildman–Crippen LogP) is 0.765. The molecule has 0 bridgehead atoms. The molecule has 0 saturated heterocycles. The summed E-state index contributed by atoms with van der Waals surface area (Å²) in [6, 6.07) is 4.17. The third-order valence-electron chi connectivity index (χ3n) is 2.51. The van der Waals surface area contributed by atoms with E-state index in [0.29, 0.717) is 26.6 Å². The Hall–Kier alpha value is -0.990. The fourth-order valence-electron chi connectivity index (χ4n) is 1.54. The van der Waals surface area contributed by atoms with Gasteiger partial charge >= 0.3 is 5.97 Å². The highest BCUT2D eigenvalue weighted by Gasteiger charge is 2.00. The van der Waals surface area contributed by atoms with Crippen LogP contribution in [0.2, 0.25) is 0 Å². The van der Waals surface area contributed by atoms with E-state index in [2.05, 4.69) is 33.0 Å². The van der Waals surface area contributed by atoms with E-state index in [1.165, 1.54) is 4.88 Å². The first-order valence-electron chi connectivity index (χ1n) is 6.60. The molecule has 3 N–H and O–H groups in total. The number of hydrogen-bond acceptors (Lipinski definition) is 6. The molecule has 114 valence electrons. The van der Waals surface area contributed by atoms with Crippen LogP contribution < -0.4 is 10.6 Å². The summed E-state index contributed by atoms with van der Waals surface area (Å²) in [5.74, 6) is -0.783. The van der Waals surface area contributed by atoms with Crippen LogP contribution in [-0.4, -0.2) is 56.1 Å². The number of ether oxygens (including phenoxy) is 1. The van der Waals surface area contributed by atoms with E-state index in [9.17, 15) is 4.79 Å². The highest BCUT2D eigenvalue weighted by Crippen LogP contribution is 2.10. The summed E-state index contributed by atoms with van der Waals surface area (Å²) in [5.41, 5.74) is 0. The zero-order valence-corrected chi connectivity index (χ0v) is 12.6. The van der Waals surface area contributed by atoms with Crippen LogP contribution in [0.25, 0.3) is 0 Å². The van der Waals surface area contributed by atoms with Gasteiger partial charge in [0, 0.05) is 31.2 Å². The molecule has 0 aliphatic heterocycles. The van der Waals surface area contributed by atoms with E-state index < -0.39 is 5.97 Å². The molecule has 0 atom stereocenters. The molecule has 7 heteroatoms. The van der Waals surface area contributed by atoms with E-state index in [4.69, 9.17) is 9.84 Å². The molecule has 1 aromatic rings.